The number of aromatic nitrogens is 4. The predicted molar refractivity (Wildman–Crippen MR) is 339 cm³/mol. The smallest absolute Gasteiger partial charge is 0.269 e. The van der Waals surface area contributed by atoms with Crippen molar-refractivity contribution < 1.29 is 16.2 Å². The van der Waals surface area contributed by atoms with Gasteiger partial charge in [0.2, 0.25) is 0 Å². The van der Waals surface area contributed by atoms with Gasteiger partial charge in [0.1, 0.15) is 17.3 Å². The second kappa shape index (κ2) is 20.7. The van der Waals surface area contributed by atoms with Gasteiger partial charge in [0, 0.05) is 28.6 Å². The number of imidazole rings is 1. The first-order valence-corrected chi connectivity index (χ1v) is 28.3. The molecule has 0 unspecified atom stereocenters. The lowest BCUT2D eigenvalue weighted by Gasteiger charge is -2.27. The van der Waals surface area contributed by atoms with Crippen molar-refractivity contribution in [2.24, 2.45) is 5.92 Å². The summed E-state index contributed by atoms with van der Waals surface area (Å²) >= 11 is 0. The lowest BCUT2D eigenvalue weighted by Crippen LogP contribution is -2.31. The quantitative estimate of drug-likeness (QED) is 0.0956. The maximum absolute atomic E-state index is 9.40. The molecule has 402 valence electrons. The fraction of sp³-hybridized carbons (Fsp3) is 0.211. The predicted octanol–water partition coefficient (Wildman–Crippen LogP) is 19.8. The lowest BCUT2D eigenvalue weighted by atomic mass is 9.78. The van der Waals surface area contributed by atoms with Crippen LogP contribution in [0.2, 0.25) is 0 Å². The summed E-state index contributed by atoms with van der Waals surface area (Å²) in [5.74, 6) is 2.53. The van der Waals surface area contributed by atoms with Crippen LogP contribution in [-0.4, -0.2) is 14.1 Å². The monoisotopic (exact) mass is 1060 g/mol. The Kier molecular flexibility index (Phi) is 12.0. The first kappa shape index (κ1) is 47.1. The Morgan fingerprint density at radius 3 is 1.85 bits per heavy atom. The van der Waals surface area contributed by atoms with Gasteiger partial charge in [-0.05, 0) is 138 Å². The molecule has 0 spiro atoms. The highest BCUT2D eigenvalue weighted by atomic mass is 16.5. The van der Waals surface area contributed by atoms with Gasteiger partial charge in [0.05, 0.1) is 40.3 Å². The SMILES string of the molecule is [2H]c1c([2H])c([2H])c(-c2cccc(-c3cc(C(C)(C)C)cc(C(C)(C)C)c3)c2-[n+]2[c-]n(-c3cccc(Oc4ccc5c6ccccc6n(-c6cc(CC(C)C)c(-c7ccc(C(C)(C)C)cc7)cn6)c5c4)c3)c3ccc(-c4ccccc4)cc32)c([2H])c1[2H]. The van der Waals surface area contributed by atoms with Crippen LogP contribution in [-0.2, 0) is 22.7 Å². The zero-order valence-corrected chi connectivity index (χ0v) is 48.4. The van der Waals surface area contributed by atoms with Crippen LogP contribution in [0, 0.1) is 12.2 Å². The van der Waals surface area contributed by atoms with E-state index >= 15 is 0 Å². The van der Waals surface area contributed by atoms with Crippen molar-refractivity contribution in [2.75, 3.05) is 0 Å². The largest absolute Gasteiger partial charge is 0.458 e. The van der Waals surface area contributed by atoms with E-state index in [0.717, 1.165) is 95.3 Å². The molecule has 0 saturated heterocycles. The summed E-state index contributed by atoms with van der Waals surface area (Å²) in [5, 5.41) is 2.21. The minimum Gasteiger partial charge on any atom is -0.458 e. The van der Waals surface area contributed by atoms with Gasteiger partial charge >= 0.3 is 0 Å². The number of nitrogens with zero attached hydrogens (tertiary/aromatic N) is 4. The molecular formula is C76H72N4O. The summed E-state index contributed by atoms with van der Waals surface area (Å²) in [4.78, 5) is 5.23. The van der Waals surface area contributed by atoms with Gasteiger partial charge in [0.25, 0.3) is 6.33 Å². The average Bonchev–Trinajstić information content (AvgIpc) is 1.59. The van der Waals surface area contributed by atoms with Crippen LogP contribution in [0.5, 0.6) is 11.5 Å². The Morgan fingerprint density at radius 2 is 1.15 bits per heavy atom. The molecule has 12 aromatic rings. The fourth-order valence-electron chi connectivity index (χ4n) is 11.2. The number of ether oxygens (including phenoxy) is 1. The first-order valence-electron chi connectivity index (χ1n) is 30.8. The Balaban J connectivity index is 1.03. The molecule has 0 radical (unpaired) electrons. The molecule has 9 aromatic carbocycles. The van der Waals surface area contributed by atoms with E-state index in [1.54, 1.807) is 0 Å². The van der Waals surface area contributed by atoms with Gasteiger partial charge in [-0.3, -0.25) is 13.7 Å². The summed E-state index contributed by atoms with van der Waals surface area (Å²) in [6, 6.07) is 61.4. The molecule has 3 aromatic heterocycles. The van der Waals surface area contributed by atoms with Crippen LogP contribution in [0.1, 0.15) is 105 Å². The standard InChI is InChI=1S/C76H72N4O/c1-50(2)40-55-44-72(77-48-67(55)53-32-35-57(36-33-53)74(3,4)5)80-68-31-19-18-28-65(68)66-38-37-62(47-70(66)80)81-61-27-20-26-60(46-61)78-49-79(71-43-54(34-39-69(71)78)51-22-14-12-15-23-51)73-63(52-24-16-13-17-25-52)29-21-30-64(73)56-41-58(75(6,7)8)45-59(42-56)76(9,10)11/h12-39,41-48,50H,40H2,1-11H3/i13D,16D,17D,24D,25D. The van der Waals surface area contributed by atoms with Gasteiger partial charge in [-0.15, -0.1) is 0 Å². The van der Waals surface area contributed by atoms with Crippen molar-refractivity contribution in [2.45, 2.75) is 98.8 Å². The van der Waals surface area contributed by atoms with E-state index in [1.165, 1.54) is 11.1 Å². The highest BCUT2D eigenvalue weighted by molar-refractivity contribution is 6.09. The second-order valence-electron chi connectivity index (χ2n) is 25.1. The Labute approximate surface area is 485 Å². The molecule has 0 aliphatic rings. The molecule has 0 amide bonds. The number of fused-ring (bicyclic) bond motifs is 4. The van der Waals surface area contributed by atoms with Crippen LogP contribution >= 0.6 is 0 Å². The summed E-state index contributed by atoms with van der Waals surface area (Å²) in [7, 11) is 0. The fourth-order valence-corrected chi connectivity index (χ4v) is 11.2. The molecule has 0 aliphatic carbocycles. The van der Waals surface area contributed by atoms with Crippen LogP contribution in [0.4, 0.5) is 0 Å². The van der Waals surface area contributed by atoms with E-state index in [1.807, 2.05) is 76.0 Å². The highest BCUT2D eigenvalue weighted by Gasteiger charge is 2.26. The van der Waals surface area contributed by atoms with E-state index in [-0.39, 0.29) is 33.9 Å². The van der Waals surface area contributed by atoms with E-state index in [2.05, 4.69) is 208 Å². The number of hydrogen-bond donors (Lipinski definition) is 0. The van der Waals surface area contributed by atoms with Crippen molar-refractivity contribution >= 4 is 32.8 Å². The minimum absolute atomic E-state index is 0.0530. The molecule has 0 N–H and O–H groups in total. The molecule has 81 heavy (non-hydrogen) atoms. The maximum atomic E-state index is 9.40. The van der Waals surface area contributed by atoms with Crippen molar-refractivity contribution in [3.8, 4) is 73.2 Å². The van der Waals surface area contributed by atoms with Crippen molar-refractivity contribution in [1.82, 2.24) is 14.1 Å². The maximum Gasteiger partial charge on any atom is 0.269 e. The van der Waals surface area contributed by atoms with Gasteiger partial charge in [0.15, 0.2) is 0 Å². The molecule has 0 bridgehead atoms. The normalized spacial score (nSPS) is 13.2. The molecule has 0 fully saturated rings. The summed E-state index contributed by atoms with van der Waals surface area (Å²) < 4.78 is 58.4. The number of hydrogen-bond acceptors (Lipinski definition) is 2. The van der Waals surface area contributed by atoms with Crippen LogP contribution in [0.15, 0.2) is 218 Å². The Bertz CT molecular complexity index is 4550. The summed E-state index contributed by atoms with van der Waals surface area (Å²) in [6.45, 7) is 24.6. The van der Waals surface area contributed by atoms with E-state index in [9.17, 15) is 2.74 Å². The topological polar surface area (TPSA) is 35.9 Å². The molecule has 5 heteroatoms. The molecule has 0 saturated carbocycles. The minimum atomic E-state index is -0.446. The summed E-state index contributed by atoms with van der Waals surface area (Å²) in [6.07, 6.45) is 6.74. The van der Waals surface area contributed by atoms with Crippen molar-refractivity contribution in [3.05, 3.63) is 247 Å². The van der Waals surface area contributed by atoms with Gasteiger partial charge in [-0.25, -0.2) is 4.98 Å². The molecule has 5 nitrogen and oxygen atoms in total. The highest BCUT2D eigenvalue weighted by Crippen LogP contribution is 2.41. The van der Waals surface area contributed by atoms with Gasteiger partial charge in [-0.1, -0.05) is 234 Å². The summed E-state index contributed by atoms with van der Waals surface area (Å²) in [5.41, 5.74) is 16.1. The molecule has 12 rings (SSSR count). The van der Waals surface area contributed by atoms with Crippen LogP contribution in [0.25, 0.3) is 94.5 Å². The van der Waals surface area contributed by atoms with Crippen LogP contribution < -0.4 is 9.30 Å². The van der Waals surface area contributed by atoms with E-state index in [4.69, 9.17) is 13.8 Å². The number of para-hydroxylation sites is 2. The molecule has 0 aliphatic heterocycles. The van der Waals surface area contributed by atoms with Gasteiger partial charge < -0.3 is 4.74 Å². The lowest BCUT2D eigenvalue weighted by molar-refractivity contribution is -0.571. The van der Waals surface area contributed by atoms with Crippen molar-refractivity contribution in [1.29, 1.82) is 0 Å². The second-order valence-corrected chi connectivity index (χ2v) is 25.1. The Morgan fingerprint density at radius 1 is 0.506 bits per heavy atom. The third kappa shape index (κ3) is 10.4. The molecule has 0 atom stereocenters. The number of rotatable bonds is 11. The number of benzene rings is 9. The van der Waals surface area contributed by atoms with E-state index in [0.29, 0.717) is 28.7 Å². The average molecular weight is 1060 g/mol. The third-order valence-corrected chi connectivity index (χ3v) is 15.6. The van der Waals surface area contributed by atoms with Crippen molar-refractivity contribution in [3.63, 3.8) is 0 Å². The van der Waals surface area contributed by atoms with E-state index < -0.39 is 18.1 Å². The van der Waals surface area contributed by atoms with Crippen LogP contribution in [0.3, 0.4) is 0 Å². The molecular weight excluding hydrogens is 985 g/mol. The zero-order chi connectivity index (χ0) is 60.7. The first-order chi connectivity index (χ1) is 40.9. The third-order valence-electron chi connectivity index (χ3n) is 15.6. The van der Waals surface area contributed by atoms with Gasteiger partial charge in [-0.2, -0.15) is 0 Å². The number of pyridine rings is 1. The zero-order valence-electron chi connectivity index (χ0n) is 53.4. The Hall–Kier alpha value is -8.80. The molecule has 3 heterocycles.